The number of amides is 1. The van der Waals surface area contributed by atoms with Gasteiger partial charge in [0.1, 0.15) is 6.17 Å². The monoisotopic (exact) mass is 358 g/mol. The molecule has 5 nitrogen and oxygen atoms in total. The molecule has 1 heterocycles. The SMILES string of the molecule is COc1cc([C@H]2Nc3ccccc3C(=O)N2C2CC2)cc(Cl)c1OC. The Morgan fingerprint density at radius 3 is 2.60 bits per heavy atom. The number of methoxy groups -OCH3 is 2. The first-order chi connectivity index (χ1) is 12.1. The lowest BCUT2D eigenvalue weighted by atomic mass is 10.0. The second kappa shape index (κ2) is 6.15. The molecule has 1 amide bonds. The minimum Gasteiger partial charge on any atom is -0.493 e. The number of benzene rings is 2. The van der Waals surface area contributed by atoms with Gasteiger partial charge in [-0.15, -0.1) is 0 Å². The van der Waals surface area contributed by atoms with Crippen LogP contribution in [0.1, 0.15) is 34.9 Å². The Kier molecular flexibility index (Phi) is 3.96. The molecule has 1 atom stereocenters. The second-order valence-electron chi connectivity index (χ2n) is 6.27. The summed E-state index contributed by atoms with van der Waals surface area (Å²) in [5.41, 5.74) is 2.41. The van der Waals surface area contributed by atoms with E-state index in [9.17, 15) is 4.79 Å². The summed E-state index contributed by atoms with van der Waals surface area (Å²) in [6, 6.07) is 11.5. The fraction of sp³-hybridized carbons (Fsp3) is 0.316. The number of halogens is 1. The zero-order valence-corrected chi connectivity index (χ0v) is 14.8. The molecule has 0 spiro atoms. The molecule has 25 heavy (non-hydrogen) atoms. The third kappa shape index (κ3) is 2.68. The van der Waals surface area contributed by atoms with Crippen LogP contribution in [0.25, 0.3) is 0 Å². The Hall–Kier alpha value is -2.40. The highest BCUT2D eigenvalue weighted by Gasteiger charge is 2.42. The molecule has 1 N–H and O–H groups in total. The molecule has 0 saturated heterocycles. The van der Waals surface area contributed by atoms with Crippen molar-refractivity contribution in [3.63, 3.8) is 0 Å². The number of anilines is 1. The van der Waals surface area contributed by atoms with Gasteiger partial charge in [0, 0.05) is 17.3 Å². The Morgan fingerprint density at radius 1 is 1.16 bits per heavy atom. The minimum absolute atomic E-state index is 0.0488. The van der Waals surface area contributed by atoms with Crippen molar-refractivity contribution in [2.75, 3.05) is 19.5 Å². The van der Waals surface area contributed by atoms with Crippen LogP contribution in [0, 0.1) is 0 Å². The van der Waals surface area contributed by atoms with E-state index in [1.807, 2.05) is 41.3 Å². The number of carbonyl (C=O) groups excluding carboxylic acids is 1. The molecule has 1 aliphatic carbocycles. The number of rotatable bonds is 4. The summed E-state index contributed by atoms with van der Waals surface area (Å²) >= 11 is 6.38. The fourth-order valence-electron chi connectivity index (χ4n) is 3.34. The molecule has 0 bridgehead atoms. The molecule has 1 aliphatic heterocycles. The van der Waals surface area contributed by atoms with Crippen molar-refractivity contribution in [1.29, 1.82) is 0 Å². The van der Waals surface area contributed by atoms with Crippen molar-refractivity contribution >= 4 is 23.2 Å². The molecular weight excluding hydrogens is 340 g/mol. The first-order valence-electron chi connectivity index (χ1n) is 8.23. The van der Waals surface area contributed by atoms with Gasteiger partial charge in [-0.1, -0.05) is 23.7 Å². The van der Waals surface area contributed by atoms with Gasteiger partial charge in [0.05, 0.1) is 24.8 Å². The Morgan fingerprint density at radius 2 is 1.92 bits per heavy atom. The molecule has 130 valence electrons. The molecule has 2 aromatic rings. The summed E-state index contributed by atoms with van der Waals surface area (Å²) in [6.45, 7) is 0. The van der Waals surface area contributed by atoms with Crippen molar-refractivity contribution in [2.45, 2.75) is 25.0 Å². The van der Waals surface area contributed by atoms with Crippen molar-refractivity contribution in [3.05, 3.63) is 52.5 Å². The Balaban J connectivity index is 1.81. The maximum Gasteiger partial charge on any atom is 0.258 e. The van der Waals surface area contributed by atoms with E-state index in [0.29, 0.717) is 22.1 Å². The lowest BCUT2D eigenvalue weighted by Gasteiger charge is -2.38. The molecule has 2 aromatic carbocycles. The van der Waals surface area contributed by atoms with Gasteiger partial charge in [-0.25, -0.2) is 0 Å². The van der Waals surface area contributed by atoms with E-state index in [0.717, 1.165) is 24.1 Å². The van der Waals surface area contributed by atoms with E-state index >= 15 is 0 Å². The lowest BCUT2D eigenvalue weighted by Crippen LogP contribution is -2.44. The summed E-state index contributed by atoms with van der Waals surface area (Å²) in [5, 5.41) is 3.94. The zero-order valence-electron chi connectivity index (χ0n) is 14.1. The van der Waals surface area contributed by atoms with E-state index < -0.39 is 0 Å². The lowest BCUT2D eigenvalue weighted by molar-refractivity contribution is 0.0666. The molecule has 0 radical (unpaired) electrons. The van der Waals surface area contributed by atoms with Crippen LogP contribution in [0.4, 0.5) is 5.69 Å². The van der Waals surface area contributed by atoms with E-state index in [1.165, 1.54) is 0 Å². The van der Waals surface area contributed by atoms with Gasteiger partial charge >= 0.3 is 0 Å². The highest BCUT2D eigenvalue weighted by atomic mass is 35.5. The number of carbonyl (C=O) groups is 1. The molecule has 0 unspecified atom stereocenters. The topological polar surface area (TPSA) is 50.8 Å². The first-order valence-corrected chi connectivity index (χ1v) is 8.61. The van der Waals surface area contributed by atoms with E-state index in [-0.39, 0.29) is 18.1 Å². The van der Waals surface area contributed by atoms with Crippen LogP contribution in [-0.4, -0.2) is 31.1 Å². The third-order valence-electron chi connectivity index (χ3n) is 4.67. The van der Waals surface area contributed by atoms with Crippen LogP contribution in [0.3, 0.4) is 0 Å². The van der Waals surface area contributed by atoms with Crippen LogP contribution in [0.2, 0.25) is 5.02 Å². The smallest absolute Gasteiger partial charge is 0.258 e. The molecule has 1 saturated carbocycles. The predicted octanol–water partition coefficient (Wildman–Crippen LogP) is 4.09. The average Bonchev–Trinajstić information content (AvgIpc) is 3.45. The number of hydrogen-bond acceptors (Lipinski definition) is 4. The normalized spacial score (nSPS) is 19.2. The molecule has 4 rings (SSSR count). The number of nitrogens with zero attached hydrogens (tertiary/aromatic N) is 1. The summed E-state index contributed by atoms with van der Waals surface area (Å²) in [7, 11) is 3.13. The van der Waals surface area contributed by atoms with Gasteiger partial charge < -0.3 is 19.7 Å². The number of fused-ring (bicyclic) bond motifs is 1. The van der Waals surface area contributed by atoms with Gasteiger partial charge in [-0.3, -0.25) is 4.79 Å². The number of nitrogens with one attached hydrogen (secondary N) is 1. The summed E-state index contributed by atoms with van der Waals surface area (Å²) in [6.07, 6.45) is 1.76. The van der Waals surface area contributed by atoms with E-state index in [1.54, 1.807) is 14.2 Å². The fourth-order valence-corrected chi connectivity index (χ4v) is 3.63. The van der Waals surface area contributed by atoms with Crippen LogP contribution >= 0.6 is 11.6 Å². The first kappa shape index (κ1) is 16.1. The predicted molar refractivity (Wildman–Crippen MR) is 96.6 cm³/mol. The average molecular weight is 359 g/mol. The molecule has 2 aliphatic rings. The molecular formula is C19H19ClN2O3. The highest BCUT2D eigenvalue weighted by Crippen LogP contribution is 2.44. The van der Waals surface area contributed by atoms with Gasteiger partial charge in [0.25, 0.3) is 5.91 Å². The molecule has 1 fully saturated rings. The second-order valence-corrected chi connectivity index (χ2v) is 6.68. The van der Waals surface area contributed by atoms with Crippen LogP contribution in [-0.2, 0) is 0 Å². The van der Waals surface area contributed by atoms with Gasteiger partial charge in [-0.2, -0.15) is 0 Å². The van der Waals surface area contributed by atoms with Gasteiger partial charge in [-0.05, 0) is 37.1 Å². The quantitative estimate of drug-likeness (QED) is 0.894. The number of ether oxygens (including phenoxy) is 2. The summed E-state index contributed by atoms with van der Waals surface area (Å²) in [5.74, 6) is 1.09. The van der Waals surface area contributed by atoms with Crippen LogP contribution in [0.15, 0.2) is 36.4 Å². The largest absolute Gasteiger partial charge is 0.493 e. The Labute approximate surface area is 151 Å². The van der Waals surface area contributed by atoms with Crippen molar-refractivity contribution in [2.24, 2.45) is 0 Å². The van der Waals surface area contributed by atoms with Gasteiger partial charge in [0.2, 0.25) is 0 Å². The van der Waals surface area contributed by atoms with Crippen LogP contribution < -0.4 is 14.8 Å². The molecule has 6 heteroatoms. The summed E-state index contributed by atoms with van der Waals surface area (Å²) in [4.78, 5) is 15.0. The van der Waals surface area contributed by atoms with Crippen molar-refractivity contribution in [1.82, 2.24) is 4.90 Å². The highest BCUT2D eigenvalue weighted by molar-refractivity contribution is 6.32. The standard InChI is InChI=1S/C19H19ClN2O3/c1-24-16-10-11(9-14(20)17(16)25-2)18-21-15-6-4-3-5-13(15)19(23)22(18)12-7-8-12/h3-6,9-10,12,18,21H,7-8H2,1-2H3/t18-/m0/s1. The molecule has 0 aromatic heterocycles. The summed E-state index contributed by atoms with van der Waals surface area (Å²) < 4.78 is 10.7. The van der Waals surface area contributed by atoms with E-state index in [2.05, 4.69) is 5.32 Å². The number of hydrogen-bond donors (Lipinski definition) is 1. The zero-order chi connectivity index (χ0) is 17.6. The van der Waals surface area contributed by atoms with Crippen LogP contribution in [0.5, 0.6) is 11.5 Å². The number of para-hydroxylation sites is 1. The maximum atomic E-state index is 13.0. The Bertz CT molecular complexity index is 835. The van der Waals surface area contributed by atoms with Crippen molar-refractivity contribution < 1.29 is 14.3 Å². The maximum absolute atomic E-state index is 13.0. The van der Waals surface area contributed by atoms with Crippen molar-refractivity contribution in [3.8, 4) is 11.5 Å². The minimum atomic E-state index is -0.285. The third-order valence-corrected chi connectivity index (χ3v) is 4.96. The van der Waals surface area contributed by atoms with E-state index in [4.69, 9.17) is 21.1 Å². The van der Waals surface area contributed by atoms with Gasteiger partial charge in [0.15, 0.2) is 11.5 Å².